The van der Waals surface area contributed by atoms with E-state index >= 15 is 0 Å². The highest BCUT2D eigenvalue weighted by atomic mass is 16.3. The van der Waals surface area contributed by atoms with Gasteiger partial charge < -0.3 is 5.11 Å². The van der Waals surface area contributed by atoms with Crippen LogP contribution in [0.4, 0.5) is 0 Å². The number of hydrogen-bond acceptors (Lipinski definition) is 3. The van der Waals surface area contributed by atoms with E-state index in [1.165, 1.54) is 5.57 Å². The zero-order chi connectivity index (χ0) is 17.3. The van der Waals surface area contributed by atoms with Gasteiger partial charge in [-0.2, -0.15) is 0 Å². The highest BCUT2D eigenvalue weighted by molar-refractivity contribution is 5.94. The number of carbonyl (C=O) groups excluding carboxylic acids is 2. The Hall–Kier alpha value is -0.960. The molecule has 4 aliphatic carbocycles. The molecule has 4 aliphatic rings. The van der Waals surface area contributed by atoms with Crippen LogP contribution in [0.1, 0.15) is 65.7 Å². The summed E-state index contributed by atoms with van der Waals surface area (Å²) in [5.41, 5.74) is 1.41. The molecule has 4 rings (SSSR count). The molecule has 0 saturated heterocycles. The third-order valence-electron chi connectivity index (χ3n) is 8.37. The third kappa shape index (κ3) is 2.06. The van der Waals surface area contributed by atoms with Crippen LogP contribution in [0.15, 0.2) is 11.6 Å². The van der Waals surface area contributed by atoms with Gasteiger partial charge in [0.2, 0.25) is 0 Å². The van der Waals surface area contributed by atoms with Crippen LogP contribution in [0.3, 0.4) is 0 Å². The lowest BCUT2D eigenvalue weighted by Gasteiger charge is -2.56. The largest absolute Gasteiger partial charge is 0.393 e. The topological polar surface area (TPSA) is 54.4 Å². The van der Waals surface area contributed by atoms with Crippen molar-refractivity contribution < 1.29 is 14.7 Å². The fraction of sp³-hybridized carbons (Fsp3) is 0.810. The summed E-state index contributed by atoms with van der Waals surface area (Å²) >= 11 is 0. The van der Waals surface area contributed by atoms with E-state index in [1.54, 1.807) is 6.92 Å². The molecule has 0 bridgehead atoms. The molecule has 7 atom stereocenters. The van der Waals surface area contributed by atoms with Gasteiger partial charge in [-0.05, 0) is 80.6 Å². The summed E-state index contributed by atoms with van der Waals surface area (Å²) in [6.07, 6.45) is 8.26. The quantitative estimate of drug-likeness (QED) is 0.797. The molecule has 3 fully saturated rings. The first-order valence-electron chi connectivity index (χ1n) is 9.71. The second-order valence-electron chi connectivity index (χ2n) is 9.42. The second-order valence-corrected chi connectivity index (χ2v) is 9.42. The predicted molar refractivity (Wildman–Crippen MR) is 92.3 cm³/mol. The number of Topliss-reactive ketones (excluding diaryl/α,β-unsaturated/α-hetero) is 1. The van der Waals surface area contributed by atoms with Crippen LogP contribution in [0.2, 0.25) is 0 Å². The van der Waals surface area contributed by atoms with E-state index in [0.717, 1.165) is 38.5 Å². The summed E-state index contributed by atoms with van der Waals surface area (Å²) in [4.78, 5) is 25.0. The van der Waals surface area contributed by atoms with E-state index < -0.39 is 0 Å². The van der Waals surface area contributed by atoms with Crippen LogP contribution in [-0.4, -0.2) is 22.8 Å². The molecule has 0 aromatic rings. The van der Waals surface area contributed by atoms with E-state index in [-0.39, 0.29) is 34.6 Å². The molecular formula is C21H30O3. The molecule has 3 heteroatoms. The number of ketones is 2. The molecule has 1 N–H and O–H groups in total. The Balaban J connectivity index is 1.73. The van der Waals surface area contributed by atoms with Gasteiger partial charge in [0, 0.05) is 11.8 Å². The maximum atomic E-state index is 12.9. The lowest BCUT2D eigenvalue weighted by atomic mass is 9.47. The molecule has 0 radical (unpaired) electrons. The highest BCUT2D eigenvalue weighted by Gasteiger charge is 2.59. The van der Waals surface area contributed by atoms with E-state index in [0.29, 0.717) is 24.0 Å². The normalized spacial score (nSPS) is 50.6. The fourth-order valence-electron chi connectivity index (χ4n) is 7.01. The van der Waals surface area contributed by atoms with E-state index in [4.69, 9.17) is 0 Å². The minimum Gasteiger partial charge on any atom is -0.393 e. The number of aliphatic hydroxyl groups is 1. The van der Waals surface area contributed by atoms with Gasteiger partial charge in [0.15, 0.2) is 5.78 Å². The van der Waals surface area contributed by atoms with Gasteiger partial charge in [-0.1, -0.05) is 19.4 Å². The van der Waals surface area contributed by atoms with Crippen molar-refractivity contribution in [3.05, 3.63) is 11.6 Å². The van der Waals surface area contributed by atoms with Crippen LogP contribution in [0, 0.1) is 34.5 Å². The minimum absolute atomic E-state index is 0.00985. The Morgan fingerprint density at radius 2 is 1.71 bits per heavy atom. The standard InChI is InChI=1S/C21H30O3/c1-12(22)15-4-5-16-14-11-19(24)18-10-13(23)6-8-21(18,3)17(14)7-9-20(15,16)2/h11,13,15-18,23H,4-10H2,1-3H3. The molecule has 7 unspecified atom stereocenters. The van der Waals surface area contributed by atoms with Gasteiger partial charge in [-0.3, -0.25) is 9.59 Å². The predicted octanol–water partition coefficient (Wildman–Crippen LogP) is 3.69. The summed E-state index contributed by atoms with van der Waals surface area (Å²) in [6.45, 7) is 6.32. The molecule has 24 heavy (non-hydrogen) atoms. The van der Waals surface area contributed by atoms with E-state index in [2.05, 4.69) is 13.8 Å². The summed E-state index contributed by atoms with van der Waals surface area (Å²) in [6, 6.07) is 0. The molecule has 0 aliphatic heterocycles. The Morgan fingerprint density at radius 1 is 1.04 bits per heavy atom. The monoisotopic (exact) mass is 330 g/mol. The lowest BCUT2D eigenvalue weighted by molar-refractivity contribution is -0.132. The van der Waals surface area contributed by atoms with Crippen molar-refractivity contribution in [2.75, 3.05) is 0 Å². The Morgan fingerprint density at radius 3 is 2.42 bits per heavy atom. The number of aliphatic hydroxyl groups excluding tert-OH is 1. The average molecular weight is 330 g/mol. The smallest absolute Gasteiger partial charge is 0.159 e. The zero-order valence-electron chi connectivity index (χ0n) is 15.2. The van der Waals surface area contributed by atoms with E-state index in [9.17, 15) is 14.7 Å². The molecule has 0 aromatic carbocycles. The zero-order valence-corrected chi connectivity index (χ0v) is 15.2. The van der Waals surface area contributed by atoms with Crippen molar-refractivity contribution in [3.8, 4) is 0 Å². The molecule has 0 amide bonds. The molecular weight excluding hydrogens is 300 g/mol. The van der Waals surface area contributed by atoms with Crippen molar-refractivity contribution in [2.24, 2.45) is 34.5 Å². The number of hydrogen-bond donors (Lipinski definition) is 1. The van der Waals surface area contributed by atoms with Gasteiger partial charge in [0.1, 0.15) is 5.78 Å². The van der Waals surface area contributed by atoms with Crippen molar-refractivity contribution in [1.82, 2.24) is 0 Å². The number of allylic oxidation sites excluding steroid dienone is 2. The lowest BCUT2D eigenvalue weighted by Crippen LogP contribution is -2.52. The summed E-state index contributed by atoms with van der Waals surface area (Å²) in [5.74, 6) is 1.59. The fourth-order valence-corrected chi connectivity index (χ4v) is 7.01. The molecule has 132 valence electrons. The summed E-state index contributed by atoms with van der Waals surface area (Å²) in [5, 5.41) is 10.1. The van der Waals surface area contributed by atoms with Crippen molar-refractivity contribution in [2.45, 2.75) is 71.8 Å². The first-order valence-corrected chi connectivity index (χ1v) is 9.71. The number of fused-ring (bicyclic) bond motifs is 5. The average Bonchev–Trinajstić information content (AvgIpc) is 2.87. The van der Waals surface area contributed by atoms with Gasteiger partial charge in [-0.25, -0.2) is 0 Å². The van der Waals surface area contributed by atoms with Crippen molar-refractivity contribution >= 4 is 11.6 Å². The molecule has 0 heterocycles. The summed E-state index contributed by atoms with van der Waals surface area (Å²) in [7, 11) is 0. The molecule has 3 nitrogen and oxygen atoms in total. The third-order valence-corrected chi connectivity index (χ3v) is 8.37. The van der Waals surface area contributed by atoms with Gasteiger partial charge in [0.25, 0.3) is 0 Å². The number of rotatable bonds is 1. The maximum Gasteiger partial charge on any atom is 0.159 e. The Bertz CT molecular complexity index is 621. The first-order chi connectivity index (χ1) is 11.3. The van der Waals surface area contributed by atoms with Gasteiger partial charge in [-0.15, -0.1) is 0 Å². The Kier molecular flexibility index (Phi) is 3.62. The van der Waals surface area contributed by atoms with Crippen LogP contribution >= 0.6 is 0 Å². The van der Waals surface area contributed by atoms with E-state index in [1.807, 2.05) is 6.08 Å². The highest BCUT2D eigenvalue weighted by Crippen LogP contribution is 2.65. The van der Waals surface area contributed by atoms with Crippen molar-refractivity contribution in [1.29, 1.82) is 0 Å². The second kappa shape index (κ2) is 5.27. The molecule has 0 aromatic heterocycles. The summed E-state index contributed by atoms with van der Waals surface area (Å²) < 4.78 is 0. The molecule has 0 spiro atoms. The minimum atomic E-state index is -0.315. The maximum absolute atomic E-state index is 12.9. The number of carbonyl (C=O) groups is 2. The SMILES string of the molecule is CC(=O)C1CCC2C3=CC(=O)C4CC(O)CCC4(C)C3CCC12C. The molecule has 3 saturated carbocycles. The Labute approximate surface area is 144 Å². The first kappa shape index (κ1) is 16.5. The van der Waals surface area contributed by atoms with Gasteiger partial charge in [0.05, 0.1) is 6.10 Å². The van der Waals surface area contributed by atoms with Crippen LogP contribution in [0.25, 0.3) is 0 Å². The van der Waals surface area contributed by atoms with Crippen LogP contribution in [0.5, 0.6) is 0 Å². The van der Waals surface area contributed by atoms with Gasteiger partial charge >= 0.3 is 0 Å². The van der Waals surface area contributed by atoms with Crippen LogP contribution in [-0.2, 0) is 9.59 Å². The van der Waals surface area contributed by atoms with Crippen molar-refractivity contribution in [3.63, 3.8) is 0 Å². The van der Waals surface area contributed by atoms with Crippen LogP contribution < -0.4 is 0 Å².